The number of nitrogens with zero attached hydrogens (tertiary/aromatic N) is 1. The van der Waals surface area contributed by atoms with Crippen LogP contribution >= 0.6 is 0 Å². The zero-order valence-corrected chi connectivity index (χ0v) is 13.4. The Morgan fingerprint density at radius 3 is 1.90 bits per heavy atom. The van der Waals surface area contributed by atoms with Crippen molar-refractivity contribution in [1.82, 2.24) is 4.90 Å². The molecule has 4 bridgehead atoms. The molecule has 0 fully saturated rings. The summed E-state index contributed by atoms with van der Waals surface area (Å²) in [5.74, 6) is 0. The van der Waals surface area contributed by atoms with E-state index in [2.05, 4.69) is 68.4 Å². The summed E-state index contributed by atoms with van der Waals surface area (Å²) in [6.45, 7) is 2.31. The van der Waals surface area contributed by atoms with Gasteiger partial charge in [0, 0.05) is 6.04 Å². The molecule has 0 radical (unpaired) electrons. The van der Waals surface area contributed by atoms with Crippen LogP contribution < -0.4 is 0 Å². The molecule has 4 aliphatic rings. The zero-order valence-electron chi connectivity index (χ0n) is 13.4. The summed E-state index contributed by atoms with van der Waals surface area (Å²) in [5.41, 5.74) is 7.38. The average Bonchev–Trinajstić information content (AvgIpc) is 2.49. The van der Waals surface area contributed by atoms with Crippen LogP contribution in [0.3, 0.4) is 0 Å². The highest BCUT2D eigenvalue weighted by molar-refractivity contribution is 5.36. The predicted octanol–water partition coefficient (Wildman–Crippen LogP) is 4.19. The summed E-state index contributed by atoms with van der Waals surface area (Å²) in [4.78, 5) is 2.31. The van der Waals surface area contributed by atoms with E-state index in [9.17, 15) is 0 Å². The molecule has 4 aliphatic carbocycles. The van der Waals surface area contributed by atoms with E-state index in [0.29, 0.717) is 6.04 Å². The van der Waals surface area contributed by atoms with Gasteiger partial charge in [0.2, 0.25) is 0 Å². The minimum atomic E-state index is 0.476. The second-order valence-corrected chi connectivity index (χ2v) is 6.49. The number of rotatable bonds is 2. The third-order valence-corrected chi connectivity index (χ3v) is 4.84. The van der Waals surface area contributed by atoms with Crippen molar-refractivity contribution in [3.63, 3.8) is 0 Å². The van der Waals surface area contributed by atoms with E-state index in [1.165, 1.54) is 27.8 Å². The van der Waals surface area contributed by atoms with Gasteiger partial charge in [-0.05, 0) is 74.5 Å². The highest BCUT2D eigenvalue weighted by atomic mass is 15.1. The molecule has 0 heterocycles. The lowest BCUT2D eigenvalue weighted by Crippen LogP contribution is -2.19. The lowest BCUT2D eigenvalue weighted by Gasteiger charge is -2.24. The van der Waals surface area contributed by atoms with E-state index in [-0.39, 0.29) is 0 Å². The monoisotopic (exact) mass is 279 g/mol. The van der Waals surface area contributed by atoms with Crippen molar-refractivity contribution in [3.8, 4) is 0 Å². The van der Waals surface area contributed by atoms with Gasteiger partial charge in [-0.15, -0.1) is 0 Å². The normalized spacial score (nSPS) is 15.8. The second-order valence-electron chi connectivity index (χ2n) is 6.49. The lowest BCUT2D eigenvalue weighted by atomic mass is 9.91. The van der Waals surface area contributed by atoms with E-state index in [0.717, 1.165) is 25.7 Å². The van der Waals surface area contributed by atoms with Crippen molar-refractivity contribution in [2.75, 3.05) is 14.1 Å². The van der Waals surface area contributed by atoms with Gasteiger partial charge in [-0.3, -0.25) is 0 Å². The molecule has 0 saturated heterocycles. The molecule has 0 amide bonds. The summed E-state index contributed by atoms with van der Waals surface area (Å²) >= 11 is 0. The SMILES string of the molecule is C[C@H](c1cc2ccc1CCc1ccc(cc1)CC2)N(C)C. The van der Waals surface area contributed by atoms with Crippen molar-refractivity contribution in [2.24, 2.45) is 0 Å². The molecule has 2 aromatic rings. The maximum Gasteiger partial charge on any atom is 0.0316 e. The van der Waals surface area contributed by atoms with Crippen LogP contribution in [0.15, 0.2) is 42.5 Å². The van der Waals surface area contributed by atoms with Crippen molar-refractivity contribution < 1.29 is 0 Å². The van der Waals surface area contributed by atoms with Crippen molar-refractivity contribution in [3.05, 3.63) is 70.3 Å². The van der Waals surface area contributed by atoms with Gasteiger partial charge < -0.3 is 4.90 Å². The Bertz CT molecular complexity index is 610. The minimum absolute atomic E-state index is 0.476. The number of aryl methyl sites for hydroxylation is 4. The molecular formula is C20H25N. The Balaban J connectivity index is 1.99. The van der Waals surface area contributed by atoms with Gasteiger partial charge in [0.15, 0.2) is 0 Å². The molecule has 0 unspecified atom stereocenters. The van der Waals surface area contributed by atoms with E-state index in [4.69, 9.17) is 0 Å². The second kappa shape index (κ2) is 6.03. The molecule has 0 N–H and O–H groups in total. The van der Waals surface area contributed by atoms with Crippen molar-refractivity contribution in [2.45, 2.75) is 38.6 Å². The number of benzene rings is 2. The number of hydrogen-bond acceptors (Lipinski definition) is 1. The van der Waals surface area contributed by atoms with Crippen LogP contribution in [0, 0.1) is 0 Å². The largest absolute Gasteiger partial charge is 0.303 e. The first kappa shape index (κ1) is 14.3. The quantitative estimate of drug-likeness (QED) is 0.796. The minimum Gasteiger partial charge on any atom is -0.303 e. The van der Waals surface area contributed by atoms with E-state index in [1.54, 1.807) is 0 Å². The van der Waals surface area contributed by atoms with Gasteiger partial charge in [-0.1, -0.05) is 42.5 Å². The van der Waals surface area contributed by atoms with Gasteiger partial charge in [0.05, 0.1) is 0 Å². The van der Waals surface area contributed by atoms with Crippen LogP contribution in [0.2, 0.25) is 0 Å². The molecule has 1 atom stereocenters. The van der Waals surface area contributed by atoms with Gasteiger partial charge >= 0.3 is 0 Å². The summed E-state index contributed by atoms with van der Waals surface area (Å²) in [6.07, 6.45) is 4.53. The fourth-order valence-corrected chi connectivity index (χ4v) is 3.13. The van der Waals surface area contributed by atoms with Crippen LogP contribution in [0.4, 0.5) is 0 Å². The average molecular weight is 279 g/mol. The maximum atomic E-state index is 2.44. The van der Waals surface area contributed by atoms with Crippen LogP contribution in [0.1, 0.15) is 40.8 Å². The Labute approximate surface area is 128 Å². The zero-order chi connectivity index (χ0) is 14.8. The fraction of sp³-hybridized carbons (Fsp3) is 0.400. The van der Waals surface area contributed by atoms with Crippen molar-refractivity contribution >= 4 is 0 Å². The maximum absolute atomic E-state index is 2.44. The summed E-state index contributed by atoms with van der Waals surface area (Å²) < 4.78 is 0. The van der Waals surface area contributed by atoms with Crippen LogP contribution in [-0.4, -0.2) is 19.0 Å². The number of hydrogen-bond donors (Lipinski definition) is 0. The van der Waals surface area contributed by atoms with Crippen LogP contribution in [0.5, 0.6) is 0 Å². The third-order valence-electron chi connectivity index (χ3n) is 4.84. The molecule has 110 valence electrons. The topological polar surface area (TPSA) is 3.24 Å². The highest BCUT2D eigenvalue weighted by Crippen LogP contribution is 2.26. The first-order valence-electron chi connectivity index (χ1n) is 7.99. The molecule has 1 heteroatoms. The molecule has 0 saturated carbocycles. The Morgan fingerprint density at radius 1 is 0.762 bits per heavy atom. The molecule has 2 aromatic carbocycles. The van der Waals surface area contributed by atoms with E-state index >= 15 is 0 Å². The predicted molar refractivity (Wildman–Crippen MR) is 89.8 cm³/mol. The summed E-state index contributed by atoms with van der Waals surface area (Å²) in [7, 11) is 4.34. The molecular weight excluding hydrogens is 254 g/mol. The summed E-state index contributed by atoms with van der Waals surface area (Å²) in [5, 5.41) is 0. The van der Waals surface area contributed by atoms with E-state index in [1.807, 2.05) is 0 Å². The third kappa shape index (κ3) is 3.19. The molecule has 0 spiro atoms. The van der Waals surface area contributed by atoms with Crippen molar-refractivity contribution in [1.29, 1.82) is 0 Å². The summed E-state index contributed by atoms with van der Waals surface area (Å²) in [6, 6.07) is 16.8. The molecule has 0 aromatic heterocycles. The van der Waals surface area contributed by atoms with Crippen LogP contribution in [0.25, 0.3) is 0 Å². The first-order chi connectivity index (χ1) is 10.1. The molecule has 1 nitrogen and oxygen atoms in total. The van der Waals surface area contributed by atoms with Gasteiger partial charge in [-0.25, -0.2) is 0 Å². The van der Waals surface area contributed by atoms with Gasteiger partial charge in [0.25, 0.3) is 0 Å². The lowest BCUT2D eigenvalue weighted by molar-refractivity contribution is 0.319. The standard InChI is InChI=1S/C20H25N/c1-15(21(2)3)20-14-18-9-8-16-4-6-17(7-5-16)10-12-19(20)13-11-18/h4-7,11,13-15H,8-10,12H2,1-3H3/t15-/m1/s1. The Morgan fingerprint density at radius 2 is 1.29 bits per heavy atom. The first-order valence-corrected chi connectivity index (χ1v) is 7.99. The molecule has 6 rings (SSSR count). The van der Waals surface area contributed by atoms with Gasteiger partial charge in [-0.2, -0.15) is 0 Å². The van der Waals surface area contributed by atoms with Crippen LogP contribution in [-0.2, 0) is 25.7 Å². The molecule has 21 heavy (non-hydrogen) atoms. The Hall–Kier alpha value is -1.60. The fourth-order valence-electron chi connectivity index (χ4n) is 3.13. The molecule has 0 aliphatic heterocycles. The smallest absolute Gasteiger partial charge is 0.0316 e. The van der Waals surface area contributed by atoms with Gasteiger partial charge in [0.1, 0.15) is 0 Å². The Kier molecular flexibility index (Phi) is 4.12. The van der Waals surface area contributed by atoms with E-state index < -0.39 is 0 Å². The highest BCUT2D eigenvalue weighted by Gasteiger charge is 2.14.